The Morgan fingerprint density at radius 2 is 1.63 bits per heavy atom. The Hall–Kier alpha value is -1.32. The first-order valence-corrected chi connectivity index (χ1v) is 7.15. The van der Waals surface area contributed by atoms with Gasteiger partial charge in [-0.1, -0.05) is 40.0 Å². The van der Waals surface area contributed by atoms with Gasteiger partial charge in [0, 0.05) is 12.2 Å². The maximum Gasteiger partial charge on any atom is 0.331 e. The molecule has 0 spiro atoms. The number of rotatable bonds is 10. The van der Waals surface area contributed by atoms with E-state index in [1.807, 2.05) is 6.92 Å². The molecule has 0 heterocycles. The van der Waals surface area contributed by atoms with Crippen LogP contribution in [0.5, 0.6) is 0 Å². The van der Waals surface area contributed by atoms with Gasteiger partial charge in [0.25, 0.3) is 0 Å². The van der Waals surface area contributed by atoms with E-state index < -0.39 is 11.9 Å². The van der Waals surface area contributed by atoms with Gasteiger partial charge in [-0.2, -0.15) is 0 Å². The number of carbonyl (C=O) groups excluding carboxylic acids is 2. The van der Waals surface area contributed by atoms with Crippen LogP contribution >= 0.6 is 0 Å². The summed E-state index contributed by atoms with van der Waals surface area (Å²) in [4.78, 5) is 22.5. The van der Waals surface area contributed by atoms with Crippen molar-refractivity contribution in [2.75, 3.05) is 13.2 Å². The summed E-state index contributed by atoms with van der Waals surface area (Å²) in [5.74, 6) is -0.579. The van der Waals surface area contributed by atoms with Crippen LogP contribution in [-0.4, -0.2) is 25.2 Å². The normalized spacial score (nSPS) is 12.4. The molecular weight excluding hydrogens is 244 g/mol. The third-order valence-corrected chi connectivity index (χ3v) is 2.81. The van der Waals surface area contributed by atoms with Crippen LogP contribution in [-0.2, 0) is 19.1 Å². The first kappa shape index (κ1) is 17.7. The topological polar surface area (TPSA) is 52.6 Å². The van der Waals surface area contributed by atoms with E-state index in [1.165, 1.54) is 0 Å². The van der Waals surface area contributed by atoms with Crippen molar-refractivity contribution in [3.63, 3.8) is 0 Å². The van der Waals surface area contributed by atoms with Gasteiger partial charge in [-0.05, 0) is 18.8 Å². The number of hydrogen-bond donors (Lipinski definition) is 0. The van der Waals surface area contributed by atoms with Gasteiger partial charge >= 0.3 is 11.9 Å². The fourth-order valence-corrected chi connectivity index (χ4v) is 1.53. The lowest BCUT2D eigenvalue weighted by Crippen LogP contribution is -2.12. The van der Waals surface area contributed by atoms with E-state index in [0.717, 1.165) is 44.3 Å². The lowest BCUT2D eigenvalue weighted by molar-refractivity contribution is -0.141. The minimum atomic E-state index is -0.503. The number of carbonyl (C=O) groups is 2. The summed E-state index contributed by atoms with van der Waals surface area (Å²) in [6.07, 6.45) is 7.37. The number of esters is 2. The van der Waals surface area contributed by atoms with Crippen LogP contribution in [0.1, 0.15) is 52.9 Å². The summed E-state index contributed by atoms with van der Waals surface area (Å²) in [6.45, 7) is 6.93. The van der Waals surface area contributed by atoms with E-state index in [1.54, 1.807) is 0 Å². The summed E-state index contributed by atoms with van der Waals surface area (Å²) in [6, 6.07) is 0. The molecule has 0 aliphatic rings. The van der Waals surface area contributed by atoms with E-state index in [0.29, 0.717) is 19.1 Å². The average molecular weight is 270 g/mol. The Balaban J connectivity index is 3.89. The van der Waals surface area contributed by atoms with Crippen molar-refractivity contribution in [2.24, 2.45) is 5.92 Å². The Kier molecular flexibility index (Phi) is 10.9. The molecule has 4 heteroatoms. The Morgan fingerprint density at radius 3 is 2.16 bits per heavy atom. The highest BCUT2D eigenvalue weighted by molar-refractivity contribution is 5.91. The molecule has 0 aliphatic heterocycles. The van der Waals surface area contributed by atoms with E-state index in [9.17, 15) is 9.59 Å². The summed E-state index contributed by atoms with van der Waals surface area (Å²) >= 11 is 0. The molecular formula is C15H26O4. The molecule has 0 radical (unpaired) electrons. The van der Waals surface area contributed by atoms with Gasteiger partial charge < -0.3 is 9.47 Å². The lowest BCUT2D eigenvalue weighted by Gasteiger charge is -2.13. The fourth-order valence-electron chi connectivity index (χ4n) is 1.53. The highest BCUT2D eigenvalue weighted by Crippen LogP contribution is 2.12. The Bertz CT molecular complexity index is 284. The summed E-state index contributed by atoms with van der Waals surface area (Å²) in [5.41, 5.74) is 0. The van der Waals surface area contributed by atoms with Crippen molar-refractivity contribution < 1.29 is 19.1 Å². The molecule has 0 bridgehead atoms. The zero-order valence-electron chi connectivity index (χ0n) is 12.3. The van der Waals surface area contributed by atoms with Crippen LogP contribution < -0.4 is 0 Å². The summed E-state index contributed by atoms with van der Waals surface area (Å²) in [5, 5.41) is 0. The van der Waals surface area contributed by atoms with E-state index in [2.05, 4.69) is 13.8 Å². The lowest BCUT2D eigenvalue weighted by atomic mass is 10.0. The van der Waals surface area contributed by atoms with Gasteiger partial charge in [0.1, 0.15) is 0 Å². The van der Waals surface area contributed by atoms with Gasteiger partial charge in [0.2, 0.25) is 0 Å². The van der Waals surface area contributed by atoms with E-state index in [4.69, 9.17) is 9.47 Å². The number of hydrogen-bond acceptors (Lipinski definition) is 4. The molecule has 0 fully saturated rings. The third kappa shape index (κ3) is 10.3. The molecule has 0 N–H and O–H groups in total. The maximum absolute atomic E-state index is 11.4. The van der Waals surface area contributed by atoms with Crippen LogP contribution in [0.4, 0.5) is 0 Å². The molecule has 0 aromatic rings. The van der Waals surface area contributed by atoms with Crippen LogP contribution in [0.15, 0.2) is 12.2 Å². The maximum atomic E-state index is 11.4. The van der Waals surface area contributed by atoms with Crippen molar-refractivity contribution in [2.45, 2.75) is 52.9 Å². The zero-order chi connectivity index (χ0) is 14.5. The molecule has 19 heavy (non-hydrogen) atoms. The smallest absolute Gasteiger partial charge is 0.331 e. The monoisotopic (exact) mass is 270 g/mol. The van der Waals surface area contributed by atoms with Crippen molar-refractivity contribution in [1.29, 1.82) is 0 Å². The predicted molar refractivity (Wildman–Crippen MR) is 74.7 cm³/mol. The van der Waals surface area contributed by atoms with Gasteiger partial charge in [0.15, 0.2) is 0 Å². The number of unbranched alkanes of at least 4 members (excludes halogenated alkanes) is 1. The molecule has 0 aliphatic carbocycles. The molecule has 0 aromatic heterocycles. The predicted octanol–water partition coefficient (Wildman–Crippen LogP) is 3.26. The van der Waals surface area contributed by atoms with Crippen LogP contribution in [0.2, 0.25) is 0 Å². The molecule has 0 saturated heterocycles. The molecule has 1 atom stereocenters. The van der Waals surface area contributed by atoms with E-state index in [-0.39, 0.29) is 0 Å². The van der Waals surface area contributed by atoms with Crippen molar-refractivity contribution in [3.05, 3.63) is 12.2 Å². The molecule has 1 unspecified atom stereocenters. The first-order chi connectivity index (χ1) is 9.13. The summed E-state index contributed by atoms with van der Waals surface area (Å²) < 4.78 is 9.92. The fraction of sp³-hybridized carbons (Fsp3) is 0.733. The Morgan fingerprint density at radius 1 is 1.00 bits per heavy atom. The molecule has 0 amide bonds. The standard InChI is InChI=1S/C15H26O4/c1-4-7-8-13(6-3)12-19-15(17)10-9-14(16)18-11-5-2/h9-10,13H,4-8,11-12H2,1-3H3/b10-9+. The highest BCUT2D eigenvalue weighted by atomic mass is 16.5. The van der Waals surface area contributed by atoms with Crippen LogP contribution in [0.25, 0.3) is 0 Å². The molecule has 110 valence electrons. The minimum absolute atomic E-state index is 0.368. The second-order valence-corrected chi connectivity index (χ2v) is 4.55. The highest BCUT2D eigenvalue weighted by Gasteiger charge is 2.08. The molecule has 4 nitrogen and oxygen atoms in total. The van der Waals surface area contributed by atoms with Crippen molar-refractivity contribution >= 4 is 11.9 Å². The first-order valence-electron chi connectivity index (χ1n) is 7.15. The van der Waals surface area contributed by atoms with E-state index >= 15 is 0 Å². The van der Waals surface area contributed by atoms with Crippen LogP contribution in [0.3, 0.4) is 0 Å². The third-order valence-electron chi connectivity index (χ3n) is 2.81. The largest absolute Gasteiger partial charge is 0.463 e. The van der Waals surface area contributed by atoms with Gasteiger partial charge in [-0.3, -0.25) is 0 Å². The minimum Gasteiger partial charge on any atom is -0.463 e. The average Bonchev–Trinajstić information content (AvgIpc) is 2.43. The second-order valence-electron chi connectivity index (χ2n) is 4.55. The van der Waals surface area contributed by atoms with Gasteiger partial charge in [0.05, 0.1) is 13.2 Å². The Labute approximate surface area is 116 Å². The number of ether oxygens (including phenoxy) is 2. The van der Waals surface area contributed by atoms with Gasteiger partial charge in [-0.25, -0.2) is 9.59 Å². The summed E-state index contributed by atoms with van der Waals surface area (Å²) in [7, 11) is 0. The zero-order valence-corrected chi connectivity index (χ0v) is 12.3. The van der Waals surface area contributed by atoms with Crippen molar-refractivity contribution in [1.82, 2.24) is 0 Å². The SMILES string of the molecule is CCCCC(CC)COC(=O)/C=C/C(=O)OCCC. The molecule has 0 aromatic carbocycles. The van der Waals surface area contributed by atoms with Crippen molar-refractivity contribution in [3.8, 4) is 0 Å². The quantitative estimate of drug-likeness (QED) is 0.451. The van der Waals surface area contributed by atoms with Crippen LogP contribution in [0, 0.1) is 5.92 Å². The van der Waals surface area contributed by atoms with Gasteiger partial charge in [-0.15, -0.1) is 0 Å². The second kappa shape index (κ2) is 11.8. The molecule has 0 rings (SSSR count). The molecule has 0 saturated carbocycles.